The van der Waals surface area contributed by atoms with Crippen LogP contribution in [0.25, 0.3) is 0 Å². The van der Waals surface area contributed by atoms with Crippen molar-refractivity contribution in [3.05, 3.63) is 23.5 Å². The number of alkyl halides is 2. The molecule has 0 aliphatic rings. The molecule has 14 heavy (non-hydrogen) atoms. The molecule has 0 unspecified atom stereocenters. The first kappa shape index (κ1) is 10.4. The van der Waals surface area contributed by atoms with E-state index in [2.05, 4.69) is 14.7 Å². The number of rotatable bonds is 2. The van der Waals surface area contributed by atoms with Crippen LogP contribution in [-0.4, -0.2) is 23.0 Å². The van der Waals surface area contributed by atoms with Crippen LogP contribution in [0.4, 0.5) is 13.2 Å². The van der Waals surface area contributed by atoms with Crippen molar-refractivity contribution in [3.63, 3.8) is 0 Å². The van der Waals surface area contributed by atoms with Crippen LogP contribution in [0.5, 0.6) is 0 Å². The van der Waals surface area contributed by atoms with Gasteiger partial charge in [-0.1, -0.05) is 0 Å². The fourth-order valence-corrected chi connectivity index (χ4v) is 0.775. The number of ether oxygens (including phenoxy) is 1. The molecule has 0 aromatic carbocycles. The van der Waals surface area contributed by atoms with Crippen molar-refractivity contribution in [2.24, 2.45) is 0 Å². The van der Waals surface area contributed by atoms with Gasteiger partial charge in [-0.05, 0) is 0 Å². The first-order chi connectivity index (χ1) is 6.57. The molecule has 1 aromatic rings. The van der Waals surface area contributed by atoms with Gasteiger partial charge in [0.15, 0.2) is 11.5 Å². The molecule has 0 N–H and O–H groups in total. The number of aromatic nitrogens is 2. The van der Waals surface area contributed by atoms with E-state index in [1.165, 1.54) is 0 Å². The second-order valence-corrected chi connectivity index (χ2v) is 2.21. The summed E-state index contributed by atoms with van der Waals surface area (Å²) in [6, 6.07) is 0. The van der Waals surface area contributed by atoms with Gasteiger partial charge in [-0.25, -0.2) is 27.9 Å². The van der Waals surface area contributed by atoms with E-state index in [-0.39, 0.29) is 0 Å². The van der Waals surface area contributed by atoms with Crippen LogP contribution in [0.3, 0.4) is 0 Å². The first-order valence-corrected chi connectivity index (χ1v) is 3.44. The molecule has 0 amide bonds. The Labute approximate surface area is 76.7 Å². The minimum Gasteiger partial charge on any atom is -0.464 e. The Balaban J connectivity index is 3.20. The van der Waals surface area contributed by atoms with Crippen LogP contribution >= 0.6 is 0 Å². The average molecular weight is 206 g/mol. The monoisotopic (exact) mass is 206 g/mol. The van der Waals surface area contributed by atoms with Crippen LogP contribution < -0.4 is 0 Å². The molecular weight excluding hydrogens is 201 g/mol. The molecule has 1 heterocycles. The number of halogens is 3. The smallest absolute Gasteiger partial charge is 0.359 e. The molecular formula is C7H5F3N2O2. The first-order valence-electron chi connectivity index (χ1n) is 3.44. The Morgan fingerprint density at radius 3 is 2.64 bits per heavy atom. The maximum absolute atomic E-state index is 13.1. The highest BCUT2D eigenvalue weighted by atomic mass is 19.3. The standard InChI is InChI=1S/C7H5F3N2O2/c1-14-7(13)5-3(8)4(6(9)10)11-2-12-5/h2,6H,1H3. The molecule has 76 valence electrons. The van der Waals surface area contributed by atoms with E-state index in [0.717, 1.165) is 7.11 Å². The number of carbonyl (C=O) groups excluding carboxylic acids is 1. The molecule has 0 saturated heterocycles. The maximum atomic E-state index is 13.1. The lowest BCUT2D eigenvalue weighted by Gasteiger charge is -2.03. The molecule has 0 aliphatic heterocycles. The Morgan fingerprint density at radius 1 is 1.50 bits per heavy atom. The van der Waals surface area contributed by atoms with Crippen molar-refractivity contribution in [2.75, 3.05) is 7.11 Å². The number of esters is 1. The molecule has 1 aromatic heterocycles. The zero-order chi connectivity index (χ0) is 10.7. The number of hydrogen-bond donors (Lipinski definition) is 0. The van der Waals surface area contributed by atoms with Gasteiger partial charge in [-0.2, -0.15) is 0 Å². The third-order valence-corrected chi connectivity index (χ3v) is 1.40. The van der Waals surface area contributed by atoms with Crippen molar-refractivity contribution in [3.8, 4) is 0 Å². The van der Waals surface area contributed by atoms with E-state index in [4.69, 9.17) is 0 Å². The molecule has 0 radical (unpaired) electrons. The molecule has 0 fully saturated rings. The zero-order valence-electron chi connectivity index (χ0n) is 7.00. The molecule has 0 bridgehead atoms. The van der Waals surface area contributed by atoms with E-state index in [0.29, 0.717) is 6.33 Å². The third kappa shape index (κ3) is 1.81. The summed E-state index contributed by atoms with van der Waals surface area (Å²) in [5, 5.41) is 0. The molecule has 0 atom stereocenters. The van der Waals surface area contributed by atoms with Crippen molar-refractivity contribution < 1.29 is 22.7 Å². The summed E-state index contributed by atoms with van der Waals surface area (Å²) in [5.74, 6) is -2.57. The van der Waals surface area contributed by atoms with Gasteiger partial charge in [0.25, 0.3) is 6.43 Å². The third-order valence-electron chi connectivity index (χ3n) is 1.40. The highest BCUT2D eigenvalue weighted by Gasteiger charge is 2.23. The summed E-state index contributed by atoms with van der Waals surface area (Å²) in [5.41, 5.74) is -1.90. The van der Waals surface area contributed by atoms with E-state index in [1.54, 1.807) is 0 Å². The fourth-order valence-electron chi connectivity index (χ4n) is 0.775. The molecule has 0 aliphatic carbocycles. The van der Waals surface area contributed by atoms with E-state index < -0.39 is 29.6 Å². The fraction of sp³-hybridized carbons (Fsp3) is 0.286. The Morgan fingerprint density at radius 2 is 2.14 bits per heavy atom. The minimum atomic E-state index is -3.10. The molecule has 1 rings (SSSR count). The van der Waals surface area contributed by atoms with E-state index in [9.17, 15) is 18.0 Å². The Hall–Kier alpha value is -1.66. The number of carbonyl (C=O) groups is 1. The Kier molecular flexibility index (Phi) is 3.00. The van der Waals surface area contributed by atoms with Crippen LogP contribution in [0, 0.1) is 5.82 Å². The van der Waals surface area contributed by atoms with Gasteiger partial charge in [0.05, 0.1) is 7.11 Å². The molecule has 4 nitrogen and oxygen atoms in total. The molecule has 0 spiro atoms. The van der Waals surface area contributed by atoms with Crippen LogP contribution in [0.1, 0.15) is 22.6 Å². The maximum Gasteiger partial charge on any atom is 0.359 e. The van der Waals surface area contributed by atoms with Gasteiger partial charge >= 0.3 is 5.97 Å². The summed E-state index contributed by atoms with van der Waals surface area (Å²) in [4.78, 5) is 17.0. The van der Waals surface area contributed by atoms with Gasteiger partial charge in [0, 0.05) is 0 Å². The summed E-state index contributed by atoms with van der Waals surface area (Å²) in [6.07, 6.45) is -2.42. The lowest BCUT2D eigenvalue weighted by Crippen LogP contribution is -2.11. The second-order valence-electron chi connectivity index (χ2n) is 2.21. The molecule has 0 saturated carbocycles. The summed E-state index contributed by atoms with van der Waals surface area (Å²) in [6.45, 7) is 0. The van der Waals surface area contributed by atoms with Gasteiger partial charge in [-0.3, -0.25) is 0 Å². The predicted octanol–water partition coefficient (Wildman–Crippen LogP) is 1.34. The number of nitrogens with zero attached hydrogens (tertiary/aromatic N) is 2. The predicted molar refractivity (Wildman–Crippen MR) is 38.3 cm³/mol. The van der Waals surface area contributed by atoms with Crippen molar-refractivity contribution in [2.45, 2.75) is 6.43 Å². The normalized spacial score (nSPS) is 10.4. The lowest BCUT2D eigenvalue weighted by molar-refractivity contribution is 0.0585. The lowest BCUT2D eigenvalue weighted by atomic mass is 10.3. The van der Waals surface area contributed by atoms with Gasteiger partial charge in [-0.15, -0.1) is 0 Å². The van der Waals surface area contributed by atoms with Crippen molar-refractivity contribution >= 4 is 5.97 Å². The molecule has 7 heteroatoms. The average Bonchev–Trinajstić information content (AvgIpc) is 2.16. The van der Waals surface area contributed by atoms with Crippen LogP contribution in [0.15, 0.2) is 6.33 Å². The van der Waals surface area contributed by atoms with E-state index in [1.807, 2.05) is 0 Å². The highest BCUT2D eigenvalue weighted by molar-refractivity contribution is 5.87. The second kappa shape index (κ2) is 4.03. The topological polar surface area (TPSA) is 52.1 Å². The van der Waals surface area contributed by atoms with Gasteiger partial charge in [0.2, 0.25) is 0 Å². The van der Waals surface area contributed by atoms with Gasteiger partial charge in [0.1, 0.15) is 12.0 Å². The minimum absolute atomic E-state index is 0.677. The number of hydrogen-bond acceptors (Lipinski definition) is 4. The van der Waals surface area contributed by atoms with Crippen LogP contribution in [0.2, 0.25) is 0 Å². The van der Waals surface area contributed by atoms with E-state index >= 15 is 0 Å². The van der Waals surface area contributed by atoms with Gasteiger partial charge < -0.3 is 4.74 Å². The SMILES string of the molecule is COC(=O)c1ncnc(C(F)F)c1F. The quantitative estimate of drug-likeness (QED) is 0.685. The van der Waals surface area contributed by atoms with Crippen molar-refractivity contribution in [1.82, 2.24) is 9.97 Å². The highest BCUT2D eigenvalue weighted by Crippen LogP contribution is 2.20. The summed E-state index contributed by atoms with van der Waals surface area (Å²) in [7, 11) is 0.992. The van der Waals surface area contributed by atoms with Crippen LogP contribution in [-0.2, 0) is 4.74 Å². The number of methoxy groups -OCH3 is 1. The largest absolute Gasteiger partial charge is 0.464 e. The zero-order valence-corrected chi connectivity index (χ0v) is 7.00. The Bertz CT molecular complexity index is 357. The summed E-state index contributed by atoms with van der Waals surface area (Å²) < 4.78 is 41.4. The summed E-state index contributed by atoms with van der Waals surface area (Å²) >= 11 is 0. The van der Waals surface area contributed by atoms with Crippen molar-refractivity contribution in [1.29, 1.82) is 0 Å².